The molecular formula is C22H27N3O2S. The molecular weight excluding hydrogens is 370 g/mol. The van der Waals surface area contributed by atoms with Gasteiger partial charge in [-0.2, -0.15) is 0 Å². The lowest BCUT2D eigenvalue weighted by Gasteiger charge is -2.37. The van der Waals surface area contributed by atoms with Gasteiger partial charge in [0.2, 0.25) is 5.91 Å². The van der Waals surface area contributed by atoms with E-state index in [1.807, 2.05) is 34.9 Å². The Morgan fingerprint density at radius 3 is 2.46 bits per heavy atom. The molecule has 1 amide bonds. The summed E-state index contributed by atoms with van der Waals surface area (Å²) in [4.78, 5) is 20.8. The van der Waals surface area contributed by atoms with Gasteiger partial charge in [-0.1, -0.05) is 24.3 Å². The van der Waals surface area contributed by atoms with Crippen LogP contribution in [0.1, 0.15) is 6.42 Å². The number of amides is 1. The third-order valence-electron chi connectivity index (χ3n) is 5.42. The van der Waals surface area contributed by atoms with E-state index in [0.29, 0.717) is 6.54 Å². The summed E-state index contributed by atoms with van der Waals surface area (Å²) in [6.07, 6.45) is 1.11. The van der Waals surface area contributed by atoms with E-state index in [0.717, 1.165) is 56.3 Å². The first kappa shape index (κ1) is 19.0. The van der Waals surface area contributed by atoms with Gasteiger partial charge in [-0.05, 0) is 36.4 Å². The van der Waals surface area contributed by atoms with Crippen molar-refractivity contribution in [2.24, 2.45) is 0 Å². The van der Waals surface area contributed by atoms with Gasteiger partial charge in [0, 0.05) is 37.6 Å². The smallest absolute Gasteiger partial charge is 0.242 e. The maximum atomic E-state index is 13.0. The van der Waals surface area contributed by atoms with Gasteiger partial charge in [0.05, 0.1) is 25.0 Å². The van der Waals surface area contributed by atoms with Crippen LogP contribution < -0.4 is 14.5 Å². The molecule has 1 fully saturated rings. The molecule has 0 radical (unpaired) electrons. The maximum absolute atomic E-state index is 13.0. The van der Waals surface area contributed by atoms with Crippen LogP contribution in [0.5, 0.6) is 5.75 Å². The lowest BCUT2D eigenvalue weighted by molar-refractivity contribution is -0.130. The summed E-state index contributed by atoms with van der Waals surface area (Å²) in [7, 11) is 1.70. The van der Waals surface area contributed by atoms with E-state index in [-0.39, 0.29) is 5.91 Å². The first-order valence-corrected chi connectivity index (χ1v) is 10.9. The highest BCUT2D eigenvalue weighted by Crippen LogP contribution is 2.33. The fourth-order valence-electron chi connectivity index (χ4n) is 3.91. The number of hydrogen-bond donors (Lipinski definition) is 0. The van der Waals surface area contributed by atoms with Crippen LogP contribution in [0.3, 0.4) is 0 Å². The molecule has 4 rings (SSSR count). The zero-order valence-corrected chi connectivity index (χ0v) is 17.2. The van der Waals surface area contributed by atoms with Crippen LogP contribution in [0.4, 0.5) is 11.4 Å². The van der Waals surface area contributed by atoms with Crippen molar-refractivity contribution in [3.63, 3.8) is 0 Å². The second kappa shape index (κ2) is 8.78. The minimum absolute atomic E-state index is 0.223. The third-order valence-corrected chi connectivity index (χ3v) is 6.57. The molecule has 6 heteroatoms. The number of thioether (sulfide) groups is 1. The first-order valence-electron chi connectivity index (χ1n) is 9.89. The van der Waals surface area contributed by atoms with Crippen LogP contribution in [-0.2, 0) is 4.79 Å². The molecule has 2 aliphatic heterocycles. The van der Waals surface area contributed by atoms with Crippen LogP contribution in [0.25, 0.3) is 0 Å². The minimum atomic E-state index is 0.223. The fraction of sp³-hybridized carbons (Fsp3) is 0.409. The van der Waals surface area contributed by atoms with Gasteiger partial charge in [0.1, 0.15) is 5.75 Å². The standard InChI is InChI=1S/C22H27N3O2S/c1-27-20-9-4-2-7-18(20)23-12-14-24(15-13-23)22(26)17-25-11-6-16-28-21-10-5-3-8-19(21)25/h2-5,7-10H,6,11-17H2,1H3. The second-order valence-corrected chi connectivity index (χ2v) is 8.27. The zero-order chi connectivity index (χ0) is 19.3. The number of nitrogens with zero attached hydrogens (tertiary/aromatic N) is 3. The Bertz CT molecular complexity index is 821. The van der Waals surface area contributed by atoms with Crippen molar-refractivity contribution in [2.75, 3.05) is 61.9 Å². The molecule has 28 heavy (non-hydrogen) atoms. The summed E-state index contributed by atoms with van der Waals surface area (Å²) < 4.78 is 5.49. The number of hydrogen-bond acceptors (Lipinski definition) is 5. The van der Waals surface area contributed by atoms with Gasteiger partial charge >= 0.3 is 0 Å². The number of anilines is 2. The van der Waals surface area contributed by atoms with Crippen LogP contribution in [0.2, 0.25) is 0 Å². The number of fused-ring (bicyclic) bond motifs is 1. The number of carbonyl (C=O) groups is 1. The van der Waals surface area contributed by atoms with Crippen molar-refractivity contribution in [3.8, 4) is 5.75 Å². The number of piperazine rings is 1. The van der Waals surface area contributed by atoms with E-state index in [2.05, 4.69) is 40.1 Å². The Morgan fingerprint density at radius 1 is 0.964 bits per heavy atom. The van der Waals surface area contributed by atoms with E-state index in [4.69, 9.17) is 4.74 Å². The van der Waals surface area contributed by atoms with Crippen molar-refractivity contribution < 1.29 is 9.53 Å². The van der Waals surface area contributed by atoms with Crippen LogP contribution >= 0.6 is 11.8 Å². The third kappa shape index (κ3) is 4.07. The van der Waals surface area contributed by atoms with E-state index in [1.54, 1.807) is 7.11 Å². The lowest BCUT2D eigenvalue weighted by Crippen LogP contribution is -2.51. The van der Waals surface area contributed by atoms with Gasteiger partial charge in [-0.3, -0.25) is 4.79 Å². The van der Waals surface area contributed by atoms with Crippen molar-refractivity contribution in [1.29, 1.82) is 0 Å². The molecule has 0 N–H and O–H groups in total. The molecule has 0 aromatic heterocycles. The average Bonchev–Trinajstić information content (AvgIpc) is 2.96. The summed E-state index contributed by atoms with van der Waals surface area (Å²) in [6.45, 7) is 4.57. The van der Waals surface area contributed by atoms with E-state index in [1.165, 1.54) is 10.6 Å². The minimum Gasteiger partial charge on any atom is -0.495 e. The topological polar surface area (TPSA) is 36.0 Å². The fourth-order valence-corrected chi connectivity index (χ4v) is 4.93. The summed E-state index contributed by atoms with van der Waals surface area (Å²) in [6, 6.07) is 16.5. The zero-order valence-electron chi connectivity index (χ0n) is 16.3. The molecule has 5 nitrogen and oxygen atoms in total. The van der Waals surface area contributed by atoms with E-state index in [9.17, 15) is 4.79 Å². The SMILES string of the molecule is COc1ccccc1N1CCN(C(=O)CN2CCCSc3ccccc32)CC1. The number of para-hydroxylation sites is 3. The highest BCUT2D eigenvalue weighted by molar-refractivity contribution is 7.99. The number of carbonyl (C=O) groups excluding carboxylic acids is 1. The molecule has 0 atom stereocenters. The summed E-state index contributed by atoms with van der Waals surface area (Å²) >= 11 is 1.89. The van der Waals surface area contributed by atoms with Crippen LogP contribution in [0.15, 0.2) is 53.4 Å². The lowest BCUT2D eigenvalue weighted by atomic mass is 10.2. The van der Waals surface area contributed by atoms with Gasteiger partial charge < -0.3 is 19.4 Å². The molecule has 0 bridgehead atoms. The number of rotatable bonds is 4. The molecule has 2 aromatic rings. The number of benzene rings is 2. The molecule has 0 spiro atoms. The molecule has 148 valence electrons. The predicted molar refractivity (Wildman–Crippen MR) is 116 cm³/mol. The summed E-state index contributed by atoms with van der Waals surface area (Å²) in [5.74, 6) is 2.22. The van der Waals surface area contributed by atoms with Crippen molar-refractivity contribution in [2.45, 2.75) is 11.3 Å². The predicted octanol–water partition coefficient (Wildman–Crippen LogP) is 3.35. The number of methoxy groups -OCH3 is 1. The van der Waals surface area contributed by atoms with Gasteiger partial charge in [0.15, 0.2) is 0 Å². The summed E-state index contributed by atoms with van der Waals surface area (Å²) in [5.41, 5.74) is 2.31. The van der Waals surface area contributed by atoms with Crippen LogP contribution in [-0.4, -0.2) is 62.9 Å². The maximum Gasteiger partial charge on any atom is 0.242 e. The molecule has 0 aliphatic carbocycles. The Labute approximate surface area is 171 Å². The van der Waals surface area contributed by atoms with Crippen molar-refractivity contribution >= 4 is 29.0 Å². The largest absolute Gasteiger partial charge is 0.495 e. The first-order chi connectivity index (χ1) is 13.8. The van der Waals surface area contributed by atoms with Crippen molar-refractivity contribution in [3.05, 3.63) is 48.5 Å². The second-order valence-electron chi connectivity index (χ2n) is 7.13. The van der Waals surface area contributed by atoms with Gasteiger partial charge in [-0.25, -0.2) is 0 Å². The molecule has 2 aliphatic rings. The molecule has 0 saturated carbocycles. The summed E-state index contributed by atoms with van der Waals surface area (Å²) in [5, 5.41) is 0. The monoisotopic (exact) mass is 397 g/mol. The van der Waals surface area contributed by atoms with Gasteiger partial charge in [0.25, 0.3) is 0 Å². The molecule has 1 saturated heterocycles. The molecule has 2 heterocycles. The Kier molecular flexibility index (Phi) is 5.95. The Balaban J connectivity index is 1.38. The average molecular weight is 398 g/mol. The molecule has 2 aromatic carbocycles. The number of ether oxygens (including phenoxy) is 1. The van der Waals surface area contributed by atoms with Gasteiger partial charge in [-0.15, -0.1) is 11.8 Å². The Morgan fingerprint density at radius 2 is 1.68 bits per heavy atom. The Hall–Kier alpha value is -2.34. The normalized spacial score (nSPS) is 17.1. The van der Waals surface area contributed by atoms with Crippen molar-refractivity contribution in [1.82, 2.24) is 4.90 Å². The van der Waals surface area contributed by atoms with E-state index >= 15 is 0 Å². The highest BCUT2D eigenvalue weighted by atomic mass is 32.2. The van der Waals surface area contributed by atoms with E-state index < -0.39 is 0 Å². The van der Waals surface area contributed by atoms with Crippen LogP contribution in [0, 0.1) is 0 Å². The quantitative estimate of drug-likeness (QED) is 0.791. The highest BCUT2D eigenvalue weighted by Gasteiger charge is 2.25. The molecule has 0 unspecified atom stereocenters.